The van der Waals surface area contributed by atoms with Gasteiger partial charge in [-0.15, -0.1) is 0 Å². The van der Waals surface area contributed by atoms with Crippen molar-refractivity contribution in [3.8, 4) is 6.07 Å². The predicted octanol–water partition coefficient (Wildman–Crippen LogP) is 1.35. The number of rotatable bonds is 3. The van der Waals surface area contributed by atoms with E-state index in [2.05, 4.69) is 23.4 Å². The van der Waals surface area contributed by atoms with E-state index < -0.39 is 0 Å². The molecule has 1 atom stereocenters. The molecule has 1 unspecified atom stereocenters. The van der Waals surface area contributed by atoms with Gasteiger partial charge in [0.2, 0.25) is 0 Å². The first-order chi connectivity index (χ1) is 7.19. The Hall–Kier alpha value is -1.70. The fourth-order valence-corrected chi connectivity index (χ4v) is 1.82. The topological polar surface area (TPSA) is 79.7 Å². The summed E-state index contributed by atoms with van der Waals surface area (Å²) >= 11 is 0. The highest BCUT2D eigenvalue weighted by Gasteiger charge is 2.31. The standard InChI is InChI=1S/C10H15N5/c1-6(7-3-4-7)15-9(12)8(5-11)10(13-2)14-15/h6-7H,3-4,12H2,1-2H3,(H,13,14). The lowest BCUT2D eigenvalue weighted by molar-refractivity contribution is 0.447. The number of nitrogen functional groups attached to an aromatic ring is 1. The summed E-state index contributed by atoms with van der Waals surface area (Å²) in [4.78, 5) is 0. The summed E-state index contributed by atoms with van der Waals surface area (Å²) < 4.78 is 1.77. The Morgan fingerprint density at radius 1 is 1.67 bits per heavy atom. The summed E-state index contributed by atoms with van der Waals surface area (Å²) in [5, 5.41) is 16.2. The van der Waals surface area contributed by atoms with Crippen LogP contribution in [0.25, 0.3) is 0 Å². The number of nitrogens with two attached hydrogens (primary N) is 1. The maximum absolute atomic E-state index is 8.96. The van der Waals surface area contributed by atoms with Crippen LogP contribution in [0.15, 0.2) is 0 Å². The van der Waals surface area contributed by atoms with Crippen molar-refractivity contribution < 1.29 is 0 Å². The second kappa shape index (κ2) is 3.46. The molecular weight excluding hydrogens is 190 g/mol. The molecule has 2 rings (SSSR count). The van der Waals surface area contributed by atoms with Crippen molar-refractivity contribution in [1.82, 2.24) is 9.78 Å². The van der Waals surface area contributed by atoms with Crippen LogP contribution < -0.4 is 11.1 Å². The smallest absolute Gasteiger partial charge is 0.168 e. The third kappa shape index (κ3) is 1.52. The van der Waals surface area contributed by atoms with E-state index in [-0.39, 0.29) is 0 Å². The number of hydrogen-bond acceptors (Lipinski definition) is 4. The van der Waals surface area contributed by atoms with Crippen LogP contribution >= 0.6 is 0 Å². The molecule has 15 heavy (non-hydrogen) atoms. The molecule has 0 saturated heterocycles. The highest BCUT2D eigenvalue weighted by molar-refractivity contribution is 5.63. The van der Waals surface area contributed by atoms with Gasteiger partial charge in [-0.2, -0.15) is 10.4 Å². The lowest BCUT2D eigenvalue weighted by Gasteiger charge is -2.11. The minimum Gasteiger partial charge on any atom is -0.383 e. The lowest BCUT2D eigenvalue weighted by Crippen LogP contribution is -2.12. The van der Waals surface area contributed by atoms with E-state index in [1.54, 1.807) is 11.7 Å². The molecule has 5 heteroatoms. The first-order valence-electron chi connectivity index (χ1n) is 5.14. The van der Waals surface area contributed by atoms with Crippen LogP contribution in [0.4, 0.5) is 11.6 Å². The van der Waals surface area contributed by atoms with Gasteiger partial charge in [-0.25, -0.2) is 4.68 Å². The number of anilines is 2. The highest BCUT2D eigenvalue weighted by atomic mass is 15.4. The maximum Gasteiger partial charge on any atom is 0.168 e. The van der Waals surface area contributed by atoms with Crippen molar-refractivity contribution in [2.45, 2.75) is 25.8 Å². The minimum absolute atomic E-state index is 0.291. The van der Waals surface area contributed by atoms with Gasteiger partial charge in [0.05, 0.1) is 6.04 Å². The monoisotopic (exact) mass is 205 g/mol. The van der Waals surface area contributed by atoms with Crippen LogP contribution in [0.1, 0.15) is 31.4 Å². The molecule has 1 aliphatic carbocycles. The molecule has 1 fully saturated rings. The van der Waals surface area contributed by atoms with E-state index in [9.17, 15) is 0 Å². The zero-order valence-electron chi connectivity index (χ0n) is 8.99. The van der Waals surface area contributed by atoms with Crippen LogP contribution in [0, 0.1) is 17.2 Å². The van der Waals surface area contributed by atoms with E-state index >= 15 is 0 Å². The lowest BCUT2D eigenvalue weighted by atomic mass is 10.2. The molecule has 0 amide bonds. The molecule has 80 valence electrons. The SMILES string of the molecule is CNc1nn(C(C)C2CC2)c(N)c1C#N. The zero-order valence-corrected chi connectivity index (χ0v) is 8.99. The van der Waals surface area contributed by atoms with E-state index in [0.717, 1.165) is 0 Å². The largest absolute Gasteiger partial charge is 0.383 e. The number of aromatic nitrogens is 2. The summed E-state index contributed by atoms with van der Waals surface area (Å²) in [5.74, 6) is 1.71. The molecule has 0 spiro atoms. The van der Waals surface area contributed by atoms with E-state index in [0.29, 0.717) is 29.2 Å². The first kappa shape index (κ1) is 9.84. The third-order valence-electron chi connectivity index (χ3n) is 2.99. The van der Waals surface area contributed by atoms with Gasteiger partial charge in [-0.1, -0.05) is 0 Å². The van der Waals surface area contributed by atoms with E-state index in [1.165, 1.54) is 12.8 Å². The molecule has 1 aromatic heterocycles. The quantitative estimate of drug-likeness (QED) is 0.780. The average molecular weight is 205 g/mol. The molecule has 0 aromatic carbocycles. The van der Waals surface area contributed by atoms with Crippen molar-refractivity contribution in [3.05, 3.63) is 5.56 Å². The summed E-state index contributed by atoms with van der Waals surface area (Å²) in [6.45, 7) is 2.10. The molecule has 1 aliphatic rings. The van der Waals surface area contributed by atoms with Crippen LogP contribution in [0.5, 0.6) is 0 Å². The Morgan fingerprint density at radius 3 is 2.73 bits per heavy atom. The van der Waals surface area contributed by atoms with Crippen molar-refractivity contribution in [3.63, 3.8) is 0 Å². The van der Waals surface area contributed by atoms with Gasteiger partial charge in [0.1, 0.15) is 17.5 Å². The summed E-state index contributed by atoms with van der Waals surface area (Å²) in [6.07, 6.45) is 2.47. The van der Waals surface area contributed by atoms with Gasteiger partial charge in [0.25, 0.3) is 0 Å². The summed E-state index contributed by atoms with van der Waals surface area (Å²) in [5.41, 5.74) is 6.34. The van der Waals surface area contributed by atoms with Gasteiger partial charge >= 0.3 is 0 Å². The fourth-order valence-electron chi connectivity index (χ4n) is 1.82. The molecule has 0 radical (unpaired) electrons. The Morgan fingerprint density at radius 2 is 2.33 bits per heavy atom. The number of nitriles is 1. The molecular formula is C10H15N5. The molecule has 1 saturated carbocycles. The van der Waals surface area contributed by atoms with Crippen LogP contribution in [0.2, 0.25) is 0 Å². The second-order valence-corrected chi connectivity index (χ2v) is 3.99. The number of hydrogen-bond donors (Lipinski definition) is 2. The van der Waals surface area contributed by atoms with Crippen molar-refractivity contribution in [2.24, 2.45) is 5.92 Å². The average Bonchev–Trinajstić information content (AvgIpc) is 3.02. The Labute approximate surface area is 88.9 Å². The van der Waals surface area contributed by atoms with E-state index in [4.69, 9.17) is 11.0 Å². The summed E-state index contributed by atoms with van der Waals surface area (Å²) in [6, 6.07) is 2.37. The Bertz CT molecular complexity index is 410. The van der Waals surface area contributed by atoms with Crippen LogP contribution in [0.3, 0.4) is 0 Å². The van der Waals surface area contributed by atoms with Crippen LogP contribution in [-0.2, 0) is 0 Å². The third-order valence-corrected chi connectivity index (χ3v) is 2.99. The zero-order chi connectivity index (χ0) is 11.0. The van der Waals surface area contributed by atoms with Gasteiger partial charge < -0.3 is 11.1 Å². The maximum atomic E-state index is 8.96. The number of nitrogens with one attached hydrogen (secondary N) is 1. The first-order valence-corrected chi connectivity index (χ1v) is 5.14. The van der Waals surface area contributed by atoms with Crippen molar-refractivity contribution >= 4 is 11.6 Å². The summed E-state index contributed by atoms with van der Waals surface area (Å²) in [7, 11) is 1.74. The van der Waals surface area contributed by atoms with Gasteiger partial charge in [-0.3, -0.25) is 0 Å². The molecule has 0 bridgehead atoms. The van der Waals surface area contributed by atoms with Gasteiger partial charge in [0.15, 0.2) is 5.82 Å². The number of nitrogens with zero attached hydrogens (tertiary/aromatic N) is 3. The van der Waals surface area contributed by atoms with Gasteiger partial charge in [0, 0.05) is 7.05 Å². The van der Waals surface area contributed by atoms with Crippen molar-refractivity contribution in [1.29, 1.82) is 5.26 Å². The molecule has 0 aliphatic heterocycles. The normalized spacial score (nSPS) is 17.1. The van der Waals surface area contributed by atoms with Crippen LogP contribution in [-0.4, -0.2) is 16.8 Å². The molecule has 1 aromatic rings. The Balaban J connectivity index is 2.39. The molecule has 5 nitrogen and oxygen atoms in total. The molecule has 1 heterocycles. The van der Waals surface area contributed by atoms with E-state index in [1.807, 2.05) is 0 Å². The predicted molar refractivity (Wildman–Crippen MR) is 58.3 cm³/mol. The van der Waals surface area contributed by atoms with Gasteiger partial charge in [-0.05, 0) is 25.7 Å². The molecule has 3 N–H and O–H groups in total. The van der Waals surface area contributed by atoms with Crippen molar-refractivity contribution in [2.75, 3.05) is 18.1 Å². The highest BCUT2D eigenvalue weighted by Crippen LogP contribution is 2.41. The minimum atomic E-state index is 0.291. The Kier molecular flexibility index (Phi) is 2.27. The fraction of sp³-hybridized carbons (Fsp3) is 0.600. The second-order valence-electron chi connectivity index (χ2n) is 3.99.